The molecule has 1 aliphatic carbocycles. The van der Waals surface area contributed by atoms with Gasteiger partial charge >= 0.3 is 5.97 Å². The summed E-state index contributed by atoms with van der Waals surface area (Å²) in [5.41, 5.74) is 2.88. The predicted molar refractivity (Wildman–Crippen MR) is 72.7 cm³/mol. The third-order valence-electron chi connectivity index (χ3n) is 3.93. The topological polar surface area (TPSA) is 37.3 Å². The van der Waals surface area contributed by atoms with Crippen molar-refractivity contribution in [1.29, 1.82) is 0 Å². The lowest BCUT2D eigenvalue weighted by atomic mass is 9.72. The van der Waals surface area contributed by atoms with Gasteiger partial charge in [-0.2, -0.15) is 0 Å². The summed E-state index contributed by atoms with van der Waals surface area (Å²) in [7, 11) is 0. The van der Waals surface area contributed by atoms with Crippen LogP contribution in [0.5, 0.6) is 0 Å². The number of carbonyl (C=O) groups is 1. The van der Waals surface area contributed by atoms with Crippen LogP contribution in [0.2, 0.25) is 0 Å². The minimum Gasteiger partial charge on any atom is -0.481 e. The van der Waals surface area contributed by atoms with Crippen LogP contribution in [0.3, 0.4) is 0 Å². The molecule has 2 rings (SSSR count). The Morgan fingerprint density at radius 2 is 1.78 bits per heavy atom. The van der Waals surface area contributed by atoms with E-state index in [4.69, 9.17) is 5.11 Å². The summed E-state index contributed by atoms with van der Waals surface area (Å²) >= 11 is 0. The fraction of sp³-hybridized carbons (Fsp3) is 0.562. The number of rotatable bonds is 3. The lowest BCUT2D eigenvalue weighted by Gasteiger charge is -2.32. The first kappa shape index (κ1) is 13.1. The Balaban J connectivity index is 1.90. The van der Waals surface area contributed by atoms with Crippen molar-refractivity contribution in [3.63, 3.8) is 0 Å². The van der Waals surface area contributed by atoms with Crippen molar-refractivity contribution >= 4 is 5.97 Å². The molecule has 0 heterocycles. The highest BCUT2D eigenvalue weighted by molar-refractivity contribution is 5.71. The Hall–Kier alpha value is -1.31. The van der Waals surface area contributed by atoms with Crippen molar-refractivity contribution in [2.24, 2.45) is 11.8 Å². The third kappa shape index (κ3) is 2.92. The molecule has 18 heavy (non-hydrogen) atoms. The highest BCUT2D eigenvalue weighted by Crippen LogP contribution is 2.36. The molecule has 0 spiro atoms. The number of carboxylic acid groups (broad SMARTS) is 1. The van der Waals surface area contributed by atoms with Gasteiger partial charge in [0.2, 0.25) is 0 Å². The Bertz CT molecular complexity index is 419. The van der Waals surface area contributed by atoms with Crippen LogP contribution >= 0.6 is 0 Å². The summed E-state index contributed by atoms with van der Waals surface area (Å²) < 4.78 is 0. The number of carboxylic acids is 1. The number of benzene rings is 1. The van der Waals surface area contributed by atoms with Gasteiger partial charge < -0.3 is 5.11 Å². The van der Waals surface area contributed by atoms with Gasteiger partial charge in [-0.15, -0.1) is 0 Å². The molecule has 2 heteroatoms. The van der Waals surface area contributed by atoms with Crippen molar-refractivity contribution in [3.8, 4) is 0 Å². The Labute approximate surface area is 109 Å². The Morgan fingerprint density at radius 1 is 1.22 bits per heavy atom. The summed E-state index contributed by atoms with van der Waals surface area (Å²) in [5.74, 6) is -0.162. The normalized spacial score (nSPS) is 23.5. The fourth-order valence-corrected chi connectivity index (χ4v) is 2.58. The minimum atomic E-state index is -0.630. The highest BCUT2D eigenvalue weighted by Gasteiger charge is 2.34. The first-order valence-electron chi connectivity index (χ1n) is 6.68. The zero-order chi connectivity index (χ0) is 13.3. The largest absolute Gasteiger partial charge is 0.481 e. The second-order valence-electron chi connectivity index (χ2n) is 6.52. The molecular formula is C16H22O2. The minimum absolute atomic E-state index is 0.0937. The molecule has 0 bridgehead atoms. The molecule has 0 aromatic heterocycles. The van der Waals surface area contributed by atoms with Gasteiger partial charge in [0.1, 0.15) is 0 Å². The first-order chi connectivity index (χ1) is 8.36. The summed E-state index contributed by atoms with van der Waals surface area (Å²) in [6, 6.07) is 8.77. The fourth-order valence-electron chi connectivity index (χ4n) is 2.58. The van der Waals surface area contributed by atoms with Gasteiger partial charge in [0, 0.05) is 0 Å². The highest BCUT2D eigenvalue weighted by atomic mass is 16.4. The van der Waals surface area contributed by atoms with Gasteiger partial charge in [-0.1, -0.05) is 45.0 Å². The molecule has 1 N–H and O–H groups in total. The van der Waals surface area contributed by atoms with Gasteiger partial charge in [-0.25, -0.2) is 0 Å². The molecule has 0 amide bonds. The Kier molecular flexibility index (Phi) is 3.47. The molecule has 2 nitrogen and oxygen atoms in total. The van der Waals surface area contributed by atoms with Crippen molar-refractivity contribution in [3.05, 3.63) is 35.4 Å². The van der Waals surface area contributed by atoms with Crippen LogP contribution in [0.25, 0.3) is 0 Å². The molecule has 1 saturated carbocycles. The molecule has 1 aliphatic rings. The van der Waals surface area contributed by atoms with Gasteiger partial charge in [0.05, 0.1) is 5.92 Å². The van der Waals surface area contributed by atoms with Crippen LogP contribution in [0.1, 0.15) is 44.7 Å². The SMILES string of the molecule is CC(C)(C)c1ccc(CC2CC(C(=O)O)C2)cc1. The number of aliphatic carboxylic acids is 1. The van der Waals surface area contributed by atoms with E-state index in [-0.39, 0.29) is 11.3 Å². The van der Waals surface area contributed by atoms with E-state index in [1.54, 1.807) is 0 Å². The van der Waals surface area contributed by atoms with E-state index < -0.39 is 5.97 Å². The average molecular weight is 246 g/mol. The molecule has 0 aliphatic heterocycles. The summed E-state index contributed by atoms with van der Waals surface area (Å²) in [4.78, 5) is 10.7. The maximum Gasteiger partial charge on any atom is 0.306 e. The van der Waals surface area contributed by atoms with Crippen LogP contribution in [-0.2, 0) is 16.6 Å². The Morgan fingerprint density at radius 3 is 2.22 bits per heavy atom. The molecule has 98 valence electrons. The maximum absolute atomic E-state index is 10.7. The molecule has 1 fully saturated rings. The molecule has 1 aromatic carbocycles. The van der Waals surface area contributed by atoms with Gasteiger partial charge in [-0.05, 0) is 41.7 Å². The van der Waals surface area contributed by atoms with Crippen LogP contribution < -0.4 is 0 Å². The van der Waals surface area contributed by atoms with Gasteiger partial charge in [0.25, 0.3) is 0 Å². The van der Waals surface area contributed by atoms with E-state index in [1.165, 1.54) is 11.1 Å². The van der Waals surface area contributed by atoms with Crippen LogP contribution in [0, 0.1) is 11.8 Å². The molecule has 0 saturated heterocycles. The van der Waals surface area contributed by atoms with Crippen LogP contribution in [0.4, 0.5) is 0 Å². The standard InChI is InChI=1S/C16H22O2/c1-16(2,3)14-6-4-11(5-7-14)8-12-9-13(10-12)15(17)18/h4-7,12-13H,8-10H2,1-3H3,(H,17,18). The zero-order valence-electron chi connectivity index (χ0n) is 11.4. The van der Waals surface area contributed by atoms with Crippen molar-refractivity contribution in [2.45, 2.75) is 45.4 Å². The van der Waals surface area contributed by atoms with Crippen LogP contribution in [0.15, 0.2) is 24.3 Å². The monoisotopic (exact) mass is 246 g/mol. The number of hydrogen-bond donors (Lipinski definition) is 1. The van der Waals surface area contributed by atoms with Crippen molar-refractivity contribution < 1.29 is 9.90 Å². The van der Waals surface area contributed by atoms with Gasteiger partial charge in [-0.3, -0.25) is 4.79 Å². The van der Waals surface area contributed by atoms with E-state index in [0.717, 1.165) is 19.3 Å². The summed E-state index contributed by atoms with van der Waals surface area (Å²) in [5, 5.41) is 8.84. The third-order valence-corrected chi connectivity index (χ3v) is 3.93. The molecular weight excluding hydrogens is 224 g/mol. The maximum atomic E-state index is 10.7. The van der Waals surface area contributed by atoms with E-state index in [9.17, 15) is 4.79 Å². The molecule has 0 radical (unpaired) electrons. The smallest absolute Gasteiger partial charge is 0.306 e. The molecule has 0 atom stereocenters. The quantitative estimate of drug-likeness (QED) is 0.884. The molecule has 0 unspecified atom stereocenters. The van der Waals surface area contributed by atoms with Crippen molar-refractivity contribution in [1.82, 2.24) is 0 Å². The lowest BCUT2D eigenvalue weighted by Crippen LogP contribution is -2.31. The average Bonchev–Trinajstić information content (AvgIpc) is 2.21. The van der Waals surface area contributed by atoms with E-state index >= 15 is 0 Å². The number of hydrogen-bond acceptors (Lipinski definition) is 1. The second kappa shape index (κ2) is 4.75. The summed E-state index contributed by atoms with van der Waals surface area (Å²) in [6.45, 7) is 6.64. The van der Waals surface area contributed by atoms with Crippen LogP contribution in [-0.4, -0.2) is 11.1 Å². The summed E-state index contributed by atoms with van der Waals surface area (Å²) in [6.07, 6.45) is 2.71. The van der Waals surface area contributed by atoms with E-state index in [1.807, 2.05) is 0 Å². The predicted octanol–water partition coefficient (Wildman–Crippen LogP) is 3.64. The molecule has 1 aromatic rings. The van der Waals surface area contributed by atoms with E-state index in [0.29, 0.717) is 5.92 Å². The second-order valence-corrected chi connectivity index (χ2v) is 6.52. The van der Waals surface area contributed by atoms with Gasteiger partial charge in [0.15, 0.2) is 0 Å². The van der Waals surface area contributed by atoms with Crippen molar-refractivity contribution in [2.75, 3.05) is 0 Å². The van der Waals surface area contributed by atoms with E-state index in [2.05, 4.69) is 45.0 Å². The zero-order valence-corrected chi connectivity index (χ0v) is 11.4. The lowest BCUT2D eigenvalue weighted by molar-refractivity contribution is -0.146. The first-order valence-corrected chi connectivity index (χ1v) is 6.68.